The number of nitrogens with two attached hydrogens (primary N) is 1. The smallest absolute Gasteiger partial charge is 0.335 e. The predicted molar refractivity (Wildman–Crippen MR) is 52.0 cm³/mol. The minimum absolute atomic E-state index is 0.214. The highest BCUT2D eigenvalue weighted by molar-refractivity contribution is 5.87. The molecule has 0 saturated heterocycles. The lowest BCUT2D eigenvalue weighted by molar-refractivity contribution is 0.0697. The summed E-state index contributed by atoms with van der Waals surface area (Å²) in [7, 11) is 0. The molecule has 0 amide bonds. The molecule has 0 aliphatic carbocycles. The lowest BCUT2D eigenvalue weighted by Crippen LogP contribution is -2.23. The first-order chi connectivity index (χ1) is 6.52. The van der Waals surface area contributed by atoms with Crippen molar-refractivity contribution >= 4 is 5.97 Å². The Balaban J connectivity index is 2.88. The van der Waals surface area contributed by atoms with Gasteiger partial charge in [0.2, 0.25) is 0 Å². The fourth-order valence-electron chi connectivity index (χ4n) is 1.13. The monoisotopic (exact) mass is 195 g/mol. The Morgan fingerprint density at radius 3 is 2.21 bits per heavy atom. The SMILES string of the molecule is CC(O)[C@H](N)c1ccc(C(=O)O)cc1. The van der Waals surface area contributed by atoms with Gasteiger partial charge in [-0.15, -0.1) is 0 Å². The summed E-state index contributed by atoms with van der Waals surface area (Å²) in [6, 6.07) is 5.69. The number of rotatable bonds is 3. The molecular weight excluding hydrogens is 182 g/mol. The Labute approximate surface area is 82.0 Å². The third-order valence-corrected chi connectivity index (χ3v) is 2.06. The van der Waals surface area contributed by atoms with Gasteiger partial charge < -0.3 is 15.9 Å². The highest BCUT2D eigenvalue weighted by atomic mass is 16.4. The molecule has 1 aromatic carbocycles. The zero-order chi connectivity index (χ0) is 10.7. The van der Waals surface area contributed by atoms with E-state index < -0.39 is 18.1 Å². The van der Waals surface area contributed by atoms with E-state index in [1.807, 2.05) is 0 Å². The summed E-state index contributed by atoms with van der Waals surface area (Å²) in [6.07, 6.45) is -0.648. The molecule has 1 rings (SSSR count). The van der Waals surface area contributed by atoms with Crippen LogP contribution in [0.15, 0.2) is 24.3 Å². The van der Waals surface area contributed by atoms with Crippen molar-refractivity contribution in [3.05, 3.63) is 35.4 Å². The number of carbonyl (C=O) groups is 1. The van der Waals surface area contributed by atoms with Crippen LogP contribution >= 0.6 is 0 Å². The normalized spacial score (nSPS) is 14.8. The van der Waals surface area contributed by atoms with Crippen molar-refractivity contribution in [3.8, 4) is 0 Å². The molecule has 2 atom stereocenters. The number of hydrogen-bond acceptors (Lipinski definition) is 3. The minimum Gasteiger partial charge on any atom is -0.478 e. The minimum atomic E-state index is -0.970. The largest absolute Gasteiger partial charge is 0.478 e. The fraction of sp³-hybridized carbons (Fsp3) is 0.300. The molecule has 0 fully saturated rings. The molecule has 4 nitrogen and oxygen atoms in total. The van der Waals surface area contributed by atoms with E-state index >= 15 is 0 Å². The van der Waals surface area contributed by atoms with Crippen molar-refractivity contribution in [3.63, 3.8) is 0 Å². The summed E-state index contributed by atoms with van der Waals surface area (Å²) in [4.78, 5) is 10.5. The van der Waals surface area contributed by atoms with Crippen LogP contribution in [-0.4, -0.2) is 22.3 Å². The van der Waals surface area contributed by atoms with E-state index in [0.29, 0.717) is 0 Å². The quantitative estimate of drug-likeness (QED) is 0.665. The molecule has 0 spiro atoms. The third-order valence-electron chi connectivity index (χ3n) is 2.06. The summed E-state index contributed by atoms with van der Waals surface area (Å²) in [6.45, 7) is 1.59. The van der Waals surface area contributed by atoms with Crippen molar-refractivity contribution in [1.29, 1.82) is 0 Å². The molecule has 0 saturated carbocycles. The topological polar surface area (TPSA) is 83.5 Å². The van der Waals surface area contributed by atoms with E-state index in [0.717, 1.165) is 5.56 Å². The maximum absolute atomic E-state index is 10.5. The van der Waals surface area contributed by atoms with Gasteiger partial charge in [0.25, 0.3) is 0 Å². The highest BCUT2D eigenvalue weighted by Gasteiger charge is 2.12. The van der Waals surface area contributed by atoms with E-state index in [-0.39, 0.29) is 5.56 Å². The first-order valence-corrected chi connectivity index (χ1v) is 4.29. The number of carboxylic acids is 1. The van der Waals surface area contributed by atoms with Crippen LogP contribution in [0.4, 0.5) is 0 Å². The summed E-state index contributed by atoms with van der Waals surface area (Å²) < 4.78 is 0. The van der Waals surface area contributed by atoms with Crippen LogP contribution < -0.4 is 5.73 Å². The summed E-state index contributed by atoms with van der Waals surface area (Å²) in [5, 5.41) is 17.9. The van der Waals surface area contributed by atoms with Crippen LogP contribution in [0.2, 0.25) is 0 Å². The predicted octanol–water partition coefficient (Wildman–Crippen LogP) is 0.765. The zero-order valence-electron chi connectivity index (χ0n) is 7.84. The molecule has 14 heavy (non-hydrogen) atoms. The average Bonchev–Trinajstić information content (AvgIpc) is 2.16. The van der Waals surface area contributed by atoms with Crippen LogP contribution in [0.25, 0.3) is 0 Å². The molecule has 0 radical (unpaired) electrons. The Kier molecular flexibility index (Phi) is 3.22. The van der Waals surface area contributed by atoms with Crippen molar-refractivity contribution in [2.45, 2.75) is 19.1 Å². The standard InChI is InChI=1S/C10H13NO3/c1-6(12)9(11)7-2-4-8(5-3-7)10(13)14/h2-6,9,12H,11H2,1H3,(H,13,14)/t6?,9-/m0/s1. The fourth-order valence-corrected chi connectivity index (χ4v) is 1.13. The molecule has 0 aliphatic rings. The van der Waals surface area contributed by atoms with Gasteiger partial charge in [-0.2, -0.15) is 0 Å². The molecule has 0 bridgehead atoms. The molecule has 76 valence electrons. The number of aromatic carboxylic acids is 1. The van der Waals surface area contributed by atoms with Gasteiger partial charge in [-0.25, -0.2) is 4.79 Å². The molecule has 4 heteroatoms. The second-order valence-corrected chi connectivity index (χ2v) is 3.19. The number of hydrogen-bond donors (Lipinski definition) is 3. The number of benzene rings is 1. The van der Waals surface area contributed by atoms with Gasteiger partial charge in [0.15, 0.2) is 0 Å². The van der Waals surface area contributed by atoms with E-state index in [1.165, 1.54) is 12.1 Å². The first-order valence-electron chi connectivity index (χ1n) is 4.29. The van der Waals surface area contributed by atoms with E-state index in [9.17, 15) is 9.90 Å². The van der Waals surface area contributed by atoms with Gasteiger partial charge >= 0.3 is 5.97 Å². The molecule has 0 heterocycles. The second-order valence-electron chi connectivity index (χ2n) is 3.19. The second kappa shape index (κ2) is 4.21. The Hall–Kier alpha value is -1.39. The van der Waals surface area contributed by atoms with Gasteiger partial charge in [-0.05, 0) is 24.6 Å². The van der Waals surface area contributed by atoms with Gasteiger partial charge in [-0.1, -0.05) is 12.1 Å². The van der Waals surface area contributed by atoms with Crippen LogP contribution in [0, 0.1) is 0 Å². The molecule has 1 aromatic rings. The van der Waals surface area contributed by atoms with Gasteiger partial charge in [0.1, 0.15) is 0 Å². The van der Waals surface area contributed by atoms with E-state index in [4.69, 9.17) is 10.8 Å². The van der Waals surface area contributed by atoms with Crippen LogP contribution in [0.1, 0.15) is 28.9 Å². The van der Waals surface area contributed by atoms with Crippen molar-refractivity contribution in [2.75, 3.05) is 0 Å². The van der Waals surface area contributed by atoms with E-state index in [2.05, 4.69) is 0 Å². The number of aliphatic hydroxyl groups excluding tert-OH is 1. The van der Waals surface area contributed by atoms with Crippen LogP contribution in [0.5, 0.6) is 0 Å². The summed E-state index contributed by atoms with van der Waals surface area (Å²) in [5.41, 5.74) is 6.61. The van der Waals surface area contributed by atoms with Crippen molar-refractivity contribution < 1.29 is 15.0 Å². The first kappa shape index (κ1) is 10.7. The van der Waals surface area contributed by atoms with Crippen molar-refractivity contribution in [1.82, 2.24) is 0 Å². The Morgan fingerprint density at radius 1 is 1.36 bits per heavy atom. The molecule has 0 aliphatic heterocycles. The highest BCUT2D eigenvalue weighted by Crippen LogP contribution is 2.14. The van der Waals surface area contributed by atoms with Gasteiger partial charge in [0.05, 0.1) is 17.7 Å². The maximum Gasteiger partial charge on any atom is 0.335 e. The lowest BCUT2D eigenvalue weighted by Gasteiger charge is -2.14. The lowest BCUT2D eigenvalue weighted by atomic mass is 10.0. The third kappa shape index (κ3) is 2.31. The maximum atomic E-state index is 10.5. The number of aliphatic hydroxyl groups is 1. The zero-order valence-corrected chi connectivity index (χ0v) is 7.84. The molecule has 0 aromatic heterocycles. The Morgan fingerprint density at radius 2 is 1.86 bits per heavy atom. The van der Waals surface area contributed by atoms with Gasteiger partial charge in [0, 0.05) is 0 Å². The molecular formula is C10H13NO3. The Bertz CT molecular complexity index is 319. The van der Waals surface area contributed by atoms with Gasteiger partial charge in [-0.3, -0.25) is 0 Å². The molecule has 4 N–H and O–H groups in total. The molecule has 1 unspecified atom stereocenters. The summed E-state index contributed by atoms with van der Waals surface area (Å²) >= 11 is 0. The van der Waals surface area contributed by atoms with Crippen LogP contribution in [0.3, 0.4) is 0 Å². The summed E-state index contributed by atoms with van der Waals surface area (Å²) in [5.74, 6) is -0.970. The number of carboxylic acid groups (broad SMARTS) is 1. The van der Waals surface area contributed by atoms with Crippen LogP contribution in [-0.2, 0) is 0 Å². The van der Waals surface area contributed by atoms with E-state index in [1.54, 1.807) is 19.1 Å². The van der Waals surface area contributed by atoms with Crippen molar-refractivity contribution in [2.24, 2.45) is 5.73 Å². The average molecular weight is 195 g/mol.